The van der Waals surface area contributed by atoms with Gasteiger partial charge >= 0.3 is 0 Å². The highest BCUT2D eigenvalue weighted by atomic mass is 16.5. The standard InChI is InChI=1S/C22H22N8O/c1-16-4-2-3-5-17(16)14-25-30-15-24-19-20(26-18-6-8-23-9-7-18)27-22(28-21(19)30)29-10-12-31-13-11-29/h2-9,14-15H,10-13H2,1H3,(H,23,26,27,28)/b25-14+. The zero-order valence-corrected chi connectivity index (χ0v) is 17.1. The van der Waals surface area contributed by atoms with Crippen LogP contribution in [0.1, 0.15) is 11.1 Å². The number of hydrogen-bond acceptors (Lipinski definition) is 8. The van der Waals surface area contributed by atoms with Crippen LogP contribution < -0.4 is 10.2 Å². The molecule has 0 unspecified atom stereocenters. The molecule has 0 spiro atoms. The minimum absolute atomic E-state index is 0.625. The van der Waals surface area contributed by atoms with Gasteiger partial charge in [0.05, 0.1) is 19.4 Å². The number of nitrogens with one attached hydrogen (secondary N) is 1. The van der Waals surface area contributed by atoms with E-state index in [0.29, 0.717) is 36.1 Å². The van der Waals surface area contributed by atoms with Crippen LogP contribution in [0, 0.1) is 6.92 Å². The number of morpholine rings is 1. The highest BCUT2D eigenvalue weighted by Crippen LogP contribution is 2.26. The van der Waals surface area contributed by atoms with E-state index < -0.39 is 0 Å². The summed E-state index contributed by atoms with van der Waals surface area (Å²) in [4.78, 5) is 20.3. The molecule has 1 aliphatic heterocycles. The molecule has 1 aromatic carbocycles. The molecular formula is C22H22N8O. The average molecular weight is 414 g/mol. The molecule has 1 N–H and O–H groups in total. The Labute approximate surface area is 179 Å². The minimum Gasteiger partial charge on any atom is -0.378 e. The molecule has 9 nitrogen and oxygen atoms in total. The van der Waals surface area contributed by atoms with Crippen LogP contribution in [-0.4, -0.2) is 57.1 Å². The number of ether oxygens (including phenoxy) is 1. The number of benzene rings is 1. The summed E-state index contributed by atoms with van der Waals surface area (Å²) >= 11 is 0. The van der Waals surface area contributed by atoms with Gasteiger partial charge in [-0.1, -0.05) is 24.3 Å². The average Bonchev–Trinajstić information content (AvgIpc) is 3.23. The molecule has 3 aromatic heterocycles. The smallest absolute Gasteiger partial charge is 0.229 e. The van der Waals surface area contributed by atoms with E-state index in [0.717, 1.165) is 29.9 Å². The fourth-order valence-corrected chi connectivity index (χ4v) is 3.38. The van der Waals surface area contributed by atoms with E-state index in [-0.39, 0.29) is 0 Å². The topological polar surface area (TPSA) is 93.4 Å². The van der Waals surface area contributed by atoms with Crippen molar-refractivity contribution in [2.45, 2.75) is 6.92 Å². The lowest BCUT2D eigenvalue weighted by Gasteiger charge is -2.27. The van der Waals surface area contributed by atoms with E-state index in [2.05, 4.69) is 38.3 Å². The van der Waals surface area contributed by atoms with Gasteiger partial charge in [0.25, 0.3) is 0 Å². The Morgan fingerprint density at radius 2 is 1.87 bits per heavy atom. The lowest BCUT2D eigenvalue weighted by molar-refractivity contribution is 0.122. The van der Waals surface area contributed by atoms with Crippen molar-refractivity contribution in [3.8, 4) is 0 Å². The molecule has 1 aliphatic rings. The van der Waals surface area contributed by atoms with Crippen LogP contribution >= 0.6 is 0 Å². The highest BCUT2D eigenvalue weighted by Gasteiger charge is 2.19. The molecule has 1 saturated heterocycles. The minimum atomic E-state index is 0.625. The van der Waals surface area contributed by atoms with Gasteiger partial charge < -0.3 is 15.0 Å². The number of pyridine rings is 1. The molecule has 0 atom stereocenters. The van der Waals surface area contributed by atoms with E-state index in [4.69, 9.17) is 14.7 Å². The van der Waals surface area contributed by atoms with E-state index in [1.807, 2.05) is 36.5 Å². The quantitative estimate of drug-likeness (QED) is 0.502. The van der Waals surface area contributed by atoms with Gasteiger partial charge in [-0.25, -0.2) is 9.66 Å². The van der Waals surface area contributed by atoms with Gasteiger partial charge in [0, 0.05) is 31.2 Å². The lowest BCUT2D eigenvalue weighted by atomic mass is 10.1. The summed E-state index contributed by atoms with van der Waals surface area (Å²) in [5.74, 6) is 1.25. The molecule has 0 bridgehead atoms. The molecule has 0 saturated carbocycles. The molecule has 0 amide bonds. The molecule has 4 heterocycles. The predicted octanol–water partition coefficient (Wildman–Crippen LogP) is 2.99. The van der Waals surface area contributed by atoms with Crippen molar-refractivity contribution in [1.82, 2.24) is 24.6 Å². The van der Waals surface area contributed by atoms with Crippen molar-refractivity contribution in [3.63, 3.8) is 0 Å². The number of nitrogens with zero attached hydrogens (tertiary/aromatic N) is 7. The number of fused-ring (bicyclic) bond motifs is 1. The second kappa shape index (κ2) is 8.49. The van der Waals surface area contributed by atoms with Crippen LogP contribution in [0.25, 0.3) is 11.2 Å². The van der Waals surface area contributed by atoms with Crippen molar-refractivity contribution in [1.29, 1.82) is 0 Å². The first kappa shape index (κ1) is 19.1. The third-order valence-corrected chi connectivity index (χ3v) is 5.11. The molecule has 31 heavy (non-hydrogen) atoms. The molecule has 4 aromatic rings. The molecule has 156 valence electrons. The van der Waals surface area contributed by atoms with Crippen molar-refractivity contribution in [3.05, 3.63) is 66.2 Å². The van der Waals surface area contributed by atoms with Crippen molar-refractivity contribution < 1.29 is 4.74 Å². The van der Waals surface area contributed by atoms with Gasteiger partial charge in [0.15, 0.2) is 17.0 Å². The second-order valence-electron chi connectivity index (χ2n) is 7.20. The fourth-order valence-electron chi connectivity index (χ4n) is 3.38. The van der Waals surface area contributed by atoms with Crippen LogP contribution in [0.4, 0.5) is 17.5 Å². The van der Waals surface area contributed by atoms with Gasteiger partial charge in [-0.3, -0.25) is 4.98 Å². The number of aryl methyl sites for hydroxylation is 1. The molecule has 9 heteroatoms. The maximum absolute atomic E-state index is 5.48. The largest absolute Gasteiger partial charge is 0.378 e. The first-order chi connectivity index (χ1) is 15.3. The zero-order valence-electron chi connectivity index (χ0n) is 17.1. The summed E-state index contributed by atoms with van der Waals surface area (Å²) in [6.45, 7) is 4.84. The number of imidazole rings is 1. The molecule has 0 radical (unpaired) electrons. The van der Waals surface area contributed by atoms with E-state index in [1.54, 1.807) is 23.4 Å². The number of rotatable bonds is 5. The Balaban J connectivity index is 1.57. The maximum atomic E-state index is 5.48. The van der Waals surface area contributed by atoms with Gasteiger partial charge in [-0.15, -0.1) is 0 Å². The zero-order chi connectivity index (χ0) is 21.0. The monoisotopic (exact) mass is 414 g/mol. The molecular weight excluding hydrogens is 392 g/mol. The summed E-state index contributed by atoms with van der Waals surface area (Å²) in [5.41, 5.74) is 4.36. The van der Waals surface area contributed by atoms with Crippen molar-refractivity contribution in [2.75, 3.05) is 36.5 Å². The normalized spacial score (nSPS) is 14.4. The Morgan fingerprint density at radius 3 is 2.68 bits per heavy atom. The van der Waals surface area contributed by atoms with Crippen molar-refractivity contribution >= 4 is 34.8 Å². The molecule has 5 rings (SSSR count). The predicted molar refractivity (Wildman–Crippen MR) is 120 cm³/mol. The highest BCUT2D eigenvalue weighted by molar-refractivity contribution is 5.87. The number of aromatic nitrogens is 5. The summed E-state index contributed by atoms with van der Waals surface area (Å²) in [6, 6.07) is 11.9. The van der Waals surface area contributed by atoms with Gasteiger partial charge in [-0.05, 0) is 30.2 Å². The first-order valence-electron chi connectivity index (χ1n) is 10.1. The third-order valence-electron chi connectivity index (χ3n) is 5.11. The van der Waals surface area contributed by atoms with Crippen LogP contribution in [0.2, 0.25) is 0 Å². The fraction of sp³-hybridized carbons (Fsp3) is 0.227. The van der Waals surface area contributed by atoms with E-state index >= 15 is 0 Å². The second-order valence-corrected chi connectivity index (χ2v) is 7.20. The summed E-state index contributed by atoms with van der Waals surface area (Å²) in [6.07, 6.45) is 6.95. The molecule has 1 fully saturated rings. The van der Waals surface area contributed by atoms with E-state index in [9.17, 15) is 0 Å². The van der Waals surface area contributed by atoms with Crippen LogP contribution in [-0.2, 0) is 4.74 Å². The number of anilines is 3. The van der Waals surface area contributed by atoms with E-state index in [1.165, 1.54) is 0 Å². The van der Waals surface area contributed by atoms with Crippen molar-refractivity contribution in [2.24, 2.45) is 5.10 Å². The third kappa shape index (κ3) is 4.08. The molecule has 0 aliphatic carbocycles. The summed E-state index contributed by atoms with van der Waals surface area (Å²) in [5, 5.41) is 7.96. The van der Waals surface area contributed by atoms with Gasteiger partial charge in [0.2, 0.25) is 5.95 Å². The van der Waals surface area contributed by atoms with Gasteiger partial charge in [-0.2, -0.15) is 15.1 Å². The van der Waals surface area contributed by atoms with Crippen LogP contribution in [0.5, 0.6) is 0 Å². The Hall–Kier alpha value is -3.85. The lowest BCUT2D eigenvalue weighted by Crippen LogP contribution is -2.37. The van der Waals surface area contributed by atoms with Gasteiger partial charge in [0.1, 0.15) is 6.33 Å². The summed E-state index contributed by atoms with van der Waals surface area (Å²) in [7, 11) is 0. The Morgan fingerprint density at radius 1 is 1.06 bits per heavy atom. The number of hydrogen-bond donors (Lipinski definition) is 1. The van der Waals surface area contributed by atoms with Crippen LogP contribution in [0.15, 0.2) is 60.2 Å². The summed E-state index contributed by atoms with van der Waals surface area (Å²) < 4.78 is 7.17. The van der Waals surface area contributed by atoms with Crippen LogP contribution in [0.3, 0.4) is 0 Å². The SMILES string of the molecule is Cc1ccccc1/C=N/n1cnc2c(Nc3ccncc3)nc(N3CCOCC3)nc21. The first-order valence-corrected chi connectivity index (χ1v) is 10.1. The Kier molecular flexibility index (Phi) is 5.24. The Bertz CT molecular complexity index is 1210. The maximum Gasteiger partial charge on any atom is 0.229 e.